The lowest BCUT2D eigenvalue weighted by atomic mass is 9.99. The van der Waals surface area contributed by atoms with Crippen molar-refractivity contribution in [2.45, 2.75) is 34.1 Å². The Labute approximate surface area is 201 Å². The van der Waals surface area contributed by atoms with Gasteiger partial charge in [0.2, 0.25) is 0 Å². The second-order valence-corrected chi connectivity index (χ2v) is 8.83. The molecule has 1 N–H and O–H groups in total. The molecule has 174 valence electrons. The molecule has 4 rings (SSSR count). The molecule has 0 radical (unpaired) electrons. The van der Waals surface area contributed by atoms with Gasteiger partial charge < -0.3 is 10.1 Å². The molecule has 0 spiro atoms. The van der Waals surface area contributed by atoms with Crippen molar-refractivity contribution in [1.29, 1.82) is 0 Å². The number of nitrogens with zero attached hydrogens (tertiary/aromatic N) is 1. The van der Waals surface area contributed by atoms with E-state index < -0.39 is 0 Å². The Morgan fingerprint density at radius 2 is 1.41 bits per heavy atom. The van der Waals surface area contributed by atoms with E-state index in [0.29, 0.717) is 24.2 Å². The van der Waals surface area contributed by atoms with Crippen molar-refractivity contribution in [3.8, 4) is 5.75 Å². The van der Waals surface area contributed by atoms with Crippen LogP contribution in [0.2, 0.25) is 0 Å². The summed E-state index contributed by atoms with van der Waals surface area (Å²) in [6.07, 6.45) is 0.568. The average Bonchev–Trinajstić information content (AvgIpc) is 3.06. The summed E-state index contributed by atoms with van der Waals surface area (Å²) in [6.45, 7) is 8.42. The monoisotopic (exact) mass is 454 g/mol. The van der Waals surface area contributed by atoms with E-state index in [4.69, 9.17) is 4.74 Å². The van der Waals surface area contributed by atoms with Gasteiger partial charge in [0, 0.05) is 12.2 Å². The average molecular weight is 455 g/mol. The third-order valence-corrected chi connectivity index (χ3v) is 6.52. The van der Waals surface area contributed by atoms with Gasteiger partial charge >= 0.3 is 0 Å². The molecule has 0 fully saturated rings. The van der Waals surface area contributed by atoms with E-state index >= 15 is 0 Å². The summed E-state index contributed by atoms with van der Waals surface area (Å²) < 4.78 is 5.22. The summed E-state index contributed by atoms with van der Waals surface area (Å²) in [5, 5.41) is 3.27. The van der Waals surface area contributed by atoms with Crippen molar-refractivity contribution >= 4 is 23.1 Å². The van der Waals surface area contributed by atoms with Gasteiger partial charge in [-0.25, -0.2) is 0 Å². The van der Waals surface area contributed by atoms with E-state index in [1.807, 2.05) is 88.4 Å². The molecular formula is C29H30N2O3. The zero-order chi connectivity index (χ0) is 24.4. The van der Waals surface area contributed by atoms with Crippen LogP contribution in [0, 0.1) is 27.7 Å². The Balaban J connectivity index is 1.67. The molecule has 1 heterocycles. The molecular weight excluding hydrogens is 424 g/mol. The summed E-state index contributed by atoms with van der Waals surface area (Å²) in [5.74, 6) is 0.203. The Bertz CT molecular complexity index is 1290. The van der Waals surface area contributed by atoms with E-state index in [2.05, 4.69) is 5.32 Å². The number of benzene rings is 3. The molecule has 0 aromatic heterocycles. The standard InChI is InChI=1S/C29H30N2O3/c1-18-6-10-23(16-20(18)3)26-27(30-24-11-7-19(2)21(4)17-24)29(33)31(28(26)32)15-14-22-8-12-25(34-5)13-9-22/h6-13,16-17,30H,14-15H2,1-5H3. The quantitative estimate of drug-likeness (QED) is 0.488. The van der Waals surface area contributed by atoms with Crippen LogP contribution in [0.15, 0.2) is 66.4 Å². The van der Waals surface area contributed by atoms with Gasteiger partial charge in [0.05, 0.1) is 12.7 Å². The number of carbonyl (C=O) groups is 2. The normalized spacial score (nSPS) is 13.6. The van der Waals surface area contributed by atoms with Crippen molar-refractivity contribution in [1.82, 2.24) is 4.90 Å². The minimum absolute atomic E-state index is 0.270. The molecule has 5 heteroatoms. The molecule has 3 aromatic rings. The number of carbonyl (C=O) groups excluding carboxylic acids is 2. The van der Waals surface area contributed by atoms with E-state index in [9.17, 15) is 9.59 Å². The van der Waals surface area contributed by atoms with Gasteiger partial charge in [0.1, 0.15) is 11.4 Å². The van der Waals surface area contributed by atoms with Gasteiger partial charge in [-0.1, -0.05) is 36.4 Å². The van der Waals surface area contributed by atoms with Crippen LogP contribution in [0.5, 0.6) is 5.75 Å². The van der Waals surface area contributed by atoms with Crippen LogP contribution in [0.4, 0.5) is 5.69 Å². The van der Waals surface area contributed by atoms with Crippen molar-refractivity contribution in [2.24, 2.45) is 0 Å². The molecule has 5 nitrogen and oxygen atoms in total. The Morgan fingerprint density at radius 3 is 2.03 bits per heavy atom. The summed E-state index contributed by atoms with van der Waals surface area (Å²) in [7, 11) is 1.63. The fourth-order valence-corrected chi connectivity index (χ4v) is 4.06. The molecule has 0 bridgehead atoms. The van der Waals surface area contributed by atoms with Crippen LogP contribution >= 0.6 is 0 Å². The number of methoxy groups -OCH3 is 1. The lowest BCUT2D eigenvalue weighted by Gasteiger charge is -2.16. The van der Waals surface area contributed by atoms with Crippen molar-refractivity contribution in [3.05, 3.63) is 99.7 Å². The SMILES string of the molecule is COc1ccc(CCN2C(=O)C(Nc3ccc(C)c(C)c3)=C(c3ccc(C)c(C)c3)C2=O)cc1. The maximum Gasteiger partial charge on any atom is 0.278 e. The first-order valence-electron chi connectivity index (χ1n) is 11.4. The zero-order valence-corrected chi connectivity index (χ0v) is 20.4. The topological polar surface area (TPSA) is 58.6 Å². The second kappa shape index (κ2) is 9.56. The number of imide groups is 1. The van der Waals surface area contributed by atoms with E-state index in [1.54, 1.807) is 7.11 Å². The van der Waals surface area contributed by atoms with Crippen LogP contribution in [0.25, 0.3) is 5.57 Å². The highest BCUT2D eigenvalue weighted by Gasteiger charge is 2.39. The molecule has 1 aliphatic rings. The van der Waals surface area contributed by atoms with Gasteiger partial charge in [-0.2, -0.15) is 0 Å². The van der Waals surface area contributed by atoms with Crippen LogP contribution < -0.4 is 10.1 Å². The van der Waals surface area contributed by atoms with Crippen molar-refractivity contribution in [3.63, 3.8) is 0 Å². The molecule has 0 atom stereocenters. The third-order valence-electron chi connectivity index (χ3n) is 6.52. The smallest absolute Gasteiger partial charge is 0.278 e. The molecule has 1 aliphatic heterocycles. The second-order valence-electron chi connectivity index (χ2n) is 8.83. The molecule has 0 unspecified atom stereocenters. The van der Waals surface area contributed by atoms with E-state index in [0.717, 1.165) is 39.3 Å². The van der Waals surface area contributed by atoms with Gasteiger partial charge in [-0.15, -0.1) is 0 Å². The van der Waals surface area contributed by atoms with Crippen LogP contribution in [-0.4, -0.2) is 30.4 Å². The molecule has 3 aromatic carbocycles. The first-order valence-corrected chi connectivity index (χ1v) is 11.4. The fraction of sp³-hybridized carbons (Fsp3) is 0.241. The predicted molar refractivity (Wildman–Crippen MR) is 136 cm³/mol. The molecule has 0 aliphatic carbocycles. The number of amides is 2. The lowest BCUT2D eigenvalue weighted by Crippen LogP contribution is -2.34. The fourth-order valence-electron chi connectivity index (χ4n) is 4.06. The largest absolute Gasteiger partial charge is 0.497 e. The highest BCUT2D eigenvalue weighted by Crippen LogP contribution is 2.32. The number of anilines is 1. The number of aryl methyl sites for hydroxylation is 4. The van der Waals surface area contributed by atoms with E-state index in [1.165, 1.54) is 10.5 Å². The molecule has 0 saturated heterocycles. The minimum atomic E-state index is -0.301. The van der Waals surface area contributed by atoms with Crippen LogP contribution in [-0.2, 0) is 16.0 Å². The van der Waals surface area contributed by atoms with Crippen molar-refractivity contribution in [2.75, 3.05) is 19.0 Å². The van der Waals surface area contributed by atoms with E-state index in [-0.39, 0.29) is 11.8 Å². The number of hydrogen-bond acceptors (Lipinski definition) is 4. The van der Waals surface area contributed by atoms with Gasteiger partial charge in [0.25, 0.3) is 11.8 Å². The molecule has 0 saturated carbocycles. The first-order chi connectivity index (χ1) is 16.3. The highest BCUT2D eigenvalue weighted by atomic mass is 16.5. The van der Waals surface area contributed by atoms with Gasteiger partial charge in [-0.05, 0) is 91.8 Å². The predicted octanol–water partition coefficient (Wildman–Crippen LogP) is 5.36. The maximum absolute atomic E-state index is 13.5. The van der Waals surface area contributed by atoms with Gasteiger partial charge in [0.15, 0.2) is 0 Å². The Hall–Kier alpha value is -3.86. The zero-order valence-electron chi connectivity index (χ0n) is 20.4. The summed E-state index contributed by atoms with van der Waals surface area (Å²) in [6, 6.07) is 19.5. The van der Waals surface area contributed by atoms with Crippen molar-refractivity contribution < 1.29 is 14.3 Å². The summed E-state index contributed by atoms with van der Waals surface area (Å²) in [5.41, 5.74) is 7.82. The Kier molecular flexibility index (Phi) is 6.55. The highest BCUT2D eigenvalue weighted by molar-refractivity contribution is 6.36. The number of nitrogens with one attached hydrogen (secondary N) is 1. The maximum atomic E-state index is 13.5. The number of ether oxygens (including phenoxy) is 1. The number of hydrogen-bond donors (Lipinski definition) is 1. The summed E-state index contributed by atoms with van der Waals surface area (Å²) >= 11 is 0. The molecule has 2 amide bonds. The summed E-state index contributed by atoms with van der Waals surface area (Å²) in [4.78, 5) is 28.4. The number of rotatable bonds is 7. The van der Waals surface area contributed by atoms with Crippen LogP contribution in [0.3, 0.4) is 0 Å². The van der Waals surface area contributed by atoms with Gasteiger partial charge in [-0.3, -0.25) is 14.5 Å². The lowest BCUT2D eigenvalue weighted by molar-refractivity contribution is -0.136. The van der Waals surface area contributed by atoms with Crippen LogP contribution in [0.1, 0.15) is 33.4 Å². The minimum Gasteiger partial charge on any atom is -0.497 e. The molecule has 34 heavy (non-hydrogen) atoms. The third kappa shape index (κ3) is 4.60. The Morgan fingerprint density at radius 1 is 0.765 bits per heavy atom. The first kappa shape index (κ1) is 23.3.